The number of imidazole rings is 1. The van der Waals surface area contributed by atoms with E-state index in [1.165, 1.54) is 19.2 Å². The standard InChI is InChI=1S/C17H14BrN7O/c18-16-13(4-3-12-17(16)22-23-25(12)8-11-1-2-11)26-15-7-14(20-9-21-15)24-6-5-19-10-24/h3-7,9-11H,1-2,8H2. The van der Waals surface area contributed by atoms with E-state index in [1.54, 1.807) is 23.2 Å². The molecule has 1 saturated carbocycles. The summed E-state index contributed by atoms with van der Waals surface area (Å²) in [6.45, 7) is 0.920. The summed E-state index contributed by atoms with van der Waals surface area (Å²) in [5, 5.41) is 8.58. The molecular weight excluding hydrogens is 398 g/mol. The topological polar surface area (TPSA) is 83.5 Å². The number of rotatable bonds is 5. The van der Waals surface area contributed by atoms with Crippen molar-refractivity contribution in [2.45, 2.75) is 19.4 Å². The first-order valence-corrected chi connectivity index (χ1v) is 9.07. The van der Waals surface area contributed by atoms with Crippen LogP contribution in [0.2, 0.25) is 0 Å². The first-order chi connectivity index (χ1) is 12.8. The van der Waals surface area contributed by atoms with E-state index >= 15 is 0 Å². The van der Waals surface area contributed by atoms with Gasteiger partial charge in [0.2, 0.25) is 5.88 Å². The third-order valence-corrected chi connectivity index (χ3v) is 5.10. The fraction of sp³-hybridized carbons (Fsp3) is 0.235. The molecule has 130 valence electrons. The average Bonchev–Trinajstić information content (AvgIpc) is 3.14. The largest absolute Gasteiger partial charge is 0.438 e. The van der Waals surface area contributed by atoms with E-state index in [0.29, 0.717) is 17.4 Å². The molecule has 0 saturated heterocycles. The Kier molecular flexibility index (Phi) is 3.66. The first kappa shape index (κ1) is 15.4. The van der Waals surface area contributed by atoms with Gasteiger partial charge >= 0.3 is 0 Å². The van der Waals surface area contributed by atoms with Crippen LogP contribution in [-0.2, 0) is 6.54 Å². The van der Waals surface area contributed by atoms with Gasteiger partial charge < -0.3 is 4.74 Å². The summed E-state index contributed by atoms with van der Waals surface area (Å²) in [6, 6.07) is 5.64. The van der Waals surface area contributed by atoms with E-state index in [9.17, 15) is 0 Å². The maximum absolute atomic E-state index is 5.95. The molecule has 26 heavy (non-hydrogen) atoms. The predicted molar refractivity (Wildman–Crippen MR) is 97.2 cm³/mol. The minimum absolute atomic E-state index is 0.439. The molecule has 0 bridgehead atoms. The van der Waals surface area contributed by atoms with E-state index in [1.807, 2.05) is 23.0 Å². The van der Waals surface area contributed by atoms with Crippen molar-refractivity contribution < 1.29 is 4.74 Å². The first-order valence-electron chi connectivity index (χ1n) is 8.28. The van der Waals surface area contributed by atoms with Gasteiger partial charge in [0.05, 0.1) is 9.99 Å². The SMILES string of the molecule is Brc1c(Oc2cc(-n3ccnc3)ncn2)ccc2c1nnn2CC1CC1. The summed E-state index contributed by atoms with van der Waals surface area (Å²) in [5.41, 5.74) is 1.78. The maximum atomic E-state index is 5.95. The molecule has 8 nitrogen and oxygen atoms in total. The quantitative estimate of drug-likeness (QED) is 0.500. The normalized spacial score (nSPS) is 14.0. The van der Waals surface area contributed by atoms with Crippen LogP contribution < -0.4 is 4.74 Å². The Hall–Kier alpha value is -2.81. The molecule has 0 radical (unpaired) electrons. The Morgan fingerprint density at radius 3 is 2.96 bits per heavy atom. The molecule has 0 amide bonds. The molecule has 0 atom stereocenters. The van der Waals surface area contributed by atoms with Crippen molar-refractivity contribution in [2.75, 3.05) is 0 Å². The Labute approximate surface area is 157 Å². The van der Waals surface area contributed by atoms with Gasteiger partial charge in [-0.15, -0.1) is 5.10 Å². The molecule has 1 fully saturated rings. The second kappa shape index (κ2) is 6.17. The van der Waals surface area contributed by atoms with E-state index in [0.717, 1.165) is 28.0 Å². The number of hydrogen-bond donors (Lipinski definition) is 0. The molecular formula is C17H14BrN7O. The lowest BCUT2D eigenvalue weighted by Crippen LogP contribution is -2.01. The van der Waals surface area contributed by atoms with Crippen molar-refractivity contribution >= 4 is 27.0 Å². The minimum Gasteiger partial charge on any atom is -0.438 e. The van der Waals surface area contributed by atoms with Gasteiger partial charge in [-0.3, -0.25) is 4.57 Å². The van der Waals surface area contributed by atoms with Crippen LogP contribution in [0.5, 0.6) is 11.6 Å². The Morgan fingerprint density at radius 2 is 2.15 bits per heavy atom. The van der Waals surface area contributed by atoms with Gasteiger partial charge in [-0.05, 0) is 46.8 Å². The molecule has 0 aliphatic heterocycles. The molecule has 4 aromatic rings. The zero-order valence-corrected chi connectivity index (χ0v) is 15.2. The second-order valence-corrected chi connectivity index (χ2v) is 7.04. The van der Waals surface area contributed by atoms with Crippen LogP contribution in [0.1, 0.15) is 12.8 Å². The van der Waals surface area contributed by atoms with Crippen molar-refractivity contribution in [1.29, 1.82) is 0 Å². The van der Waals surface area contributed by atoms with Gasteiger partial charge in [0.1, 0.15) is 29.7 Å². The highest BCUT2D eigenvalue weighted by Crippen LogP contribution is 2.36. The van der Waals surface area contributed by atoms with Crippen LogP contribution in [0.25, 0.3) is 16.9 Å². The summed E-state index contributed by atoms with van der Waals surface area (Å²) >= 11 is 3.59. The minimum atomic E-state index is 0.439. The Balaban J connectivity index is 1.46. The second-order valence-electron chi connectivity index (χ2n) is 6.25. The number of hydrogen-bond acceptors (Lipinski definition) is 6. The van der Waals surface area contributed by atoms with Gasteiger partial charge in [0, 0.05) is 25.0 Å². The van der Waals surface area contributed by atoms with Gasteiger partial charge in [-0.1, -0.05) is 5.21 Å². The lowest BCUT2D eigenvalue weighted by atomic mass is 10.3. The summed E-state index contributed by atoms with van der Waals surface area (Å²) in [6.07, 6.45) is 9.19. The zero-order valence-electron chi connectivity index (χ0n) is 13.7. The van der Waals surface area contributed by atoms with Crippen LogP contribution in [0.3, 0.4) is 0 Å². The van der Waals surface area contributed by atoms with Crippen LogP contribution in [-0.4, -0.2) is 34.5 Å². The number of benzene rings is 1. The third kappa shape index (κ3) is 2.84. The van der Waals surface area contributed by atoms with E-state index in [4.69, 9.17) is 4.74 Å². The monoisotopic (exact) mass is 411 g/mol. The summed E-state index contributed by atoms with van der Waals surface area (Å²) in [4.78, 5) is 12.4. The molecule has 9 heteroatoms. The lowest BCUT2D eigenvalue weighted by molar-refractivity contribution is 0.459. The van der Waals surface area contributed by atoms with Crippen LogP contribution >= 0.6 is 15.9 Å². The van der Waals surface area contributed by atoms with Gasteiger partial charge in [0.15, 0.2) is 0 Å². The highest BCUT2D eigenvalue weighted by molar-refractivity contribution is 9.10. The maximum Gasteiger partial charge on any atom is 0.224 e. The fourth-order valence-electron chi connectivity index (χ4n) is 2.78. The van der Waals surface area contributed by atoms with Gasteiger partial charge in [0.25, 0.3) is 0 Å². The molecule has 0 N–H and O–H groups in total. The lowest BCUT2D eigenvalue weighted by Gasteiger charge is -2.08. The number of ether oxygens (including phenoxy) is 1. The van der Waals surface area contributed by atoms with Crippen molar-refractivity contribution in [2.24, 2.45) is 5.92 Å². The van der Waals surface area contributed by atoms with E-state index in [-0.39, 0.29) is 0 Å². The Bertz CT molecular complexity index is 1070. The van der Waals surface area contributed by atoms with Crippen molar-refractivity contribution in [3.63, 3.8) is 0 Å². The smallest absolute Gasteiger partial charge is 0.224 e. The van der Waals surface area contributed by atoms with Crippen molar-refractivity contribution in [3.8, 4) is 17.4 Å². The molecule has 3 aromatic heterocycles. The number of halogens is 1. The number of fused-ring (bicyclic) bond motifs is 1. The van der Waals surface area contributed by atoms with Crippen molar-refractivity contribution in [3.05, 3.63) is 47.7 Å². The molecule has 3 heterocycles. The van der Waals surface area contributed by atoms with Gasteiger partial charge in [-0.25, -0.2) is 19.6 Å². The third-order valence-electron chi connectivity index (χ3n) is 4.33. The van der Waals surface area contributed by atoms with Crippen molar-refractivity contribution in [1.82, 2.24) is 34.5 Å². The fourth-order valence-corrected chi connectivity index (χ4v) is 3.27. The van der Waals surface area contributed by atoms with Gasteiger partial charge in [-0.2, -0.15) is 0 Å². The highest BCUT2D eigenvalue weighted by Gasteiger charge is 2.24. The highest BCUT2D eigenvalue weighted by atomic mass is 79.9. The zero-order chi connectivity index (χ0) is 17.5. The van der Waals surface area contributed by atoms with Crippen LogP contribution in [0, 0.1) is 5.92 Å². The molecule has 1 aliphatic carbocycles. The summed E-state index contributed by atoms with van der Waals surface area (Å²) in [5.74, 6) is 2.48. The summed E-state index contributed by atoms with van der Waals surface area (Å²) in [7, 11) is 0. The number of aromatic nitrogens is 7. The molecule has 1 aromatic carbocycles. The molecule has 1 aliphatic rings. The van der Waals surface area contributed by atoms with E-state index in [2.05, 4.69) is 41.2 Å². The van der Waals surface area contributed by atoms with Crippen LogP contribution in [0.15, 0.2) is 47.7 Å². The Morgan fingerprint density at radius 1 is 1.23 bits per heavy atom. The predicted octanol–water partition coefficient (Wildman–Crippen LogP) is 3.37. The molecule has 0 unspecified atom stereocenters. The average molecular weight is 412 g/mol. The number of nitrogens with zero attached hydrogens (tertiary/aromatic N) is 7. The van der Waals surface area contributed by atoms with E-state index < -0.39 is 0 Å². The molecule has 5 rings (SSSR count). The van der Waals surface area contributed by atoms with Crippen LogP contribution in [0.4, 0.5) is 0 Å². The molecule has 0 spiro atoms. The summed E-state index contributed by atoms with van der Waals surface area (Å²) < 4.78 is 10.5.